The second-order valence-corrected chi connectivity index (χ2v) is 6.83. The van der Waals surface area contributed by atoms with Crippen molar-refractivity contribution in [3.63, 3.8) is 0 Å². The molecule has 1 aliphatic heterocycles. The third-order valence-electron chi connectivity index (χ3n) is 3.99. The third-order valence-corrected chi connectivity index (χ3v) is 3.99. The smallest absolute Gasteiger partial charge is 0.104 e. The predicted molar refractivity (Wildman–Crippen MR) is 108 cm³/mol. The summed E-state index contributed by atoms with van der Waals surface area (Å²) in [5, 5.41) is 26.3. The molecule has 8 heteroatoms. The molecule has 8 nitrogen and oxygen atoms in total. The van der Waals surface area contributed by atoms with Crippen LogP contribution in [0.4, 0.5) is 11.4 Å². The molecule has 0 aromatic heterocycles. The lowest BCUT2D eigenvalue weighted by Gasteiger charge is -2.15. The molecule has 0 aliphatic carbocycles. The van der Waals surface area contributed by atoms with E-state index in [1.54, 1.807) is 0 Å². The Morgan fingerprint density at radius 3 is 2.14 bits per heavy atom. The largest absolute Gasteiger partial charge is 0.389 e. The van der Waals surface area contributed by atoms with E-state index in [4.69, 9.17) is 18.9 Å². The van der Waals surface area contributed by atoms with E-state index in [0.29, 0.717) is 46.1 Å². The van der Waals surface area contributed by atoms with Crippen molar-refractivity contribution >= 4 is 11.4 Å². The third kappa shape index (κ3) is 10.8. The van der Waals surface area contributed by atoms with Crippen molar-refractivity contribution in [3.05, 3.63) is 24.3 Å². The molecule has 0 spiro atoms. The van der Waals surface area contributed by atoms with Crippen LogP contribution in [0.3, 0.4) is 0 Å². The zero-order chi connectivity index (χ0) is 20.0. The van der Waals surface area contributed by atoms with Gasteiger partial charge in [0.2, 0.25) is 0 Å². The summed E-state index contributed by atoms with van der Waals surface area (Å²) in [6, 6.07) is 7.69. The Morgan fingerprint density at radius 1 is 1.00 bits per heavy atom. The van der Waals surface area contributed by atoms with Crippen molar-refractivity contribution in [1.29, 1.82) is 0 Å². The first-order valence-corrected chi connectivity index (χ1v) is 9.96. The van der Waals surface area contributed by atoms with Crippen LogP contribution in [0.15, 0.2) is 24.3 Å². The van der Waals surface area contributed by atoms with Crippen molar-refractivity contribution < 1.29 is 29.2 Å². The summed E-state index contributed by atoms with van der Waals surface area (Å²) < 4.78 is 21.2. The molecule has 1 aromatic carbocycles. The maximum atomic E-state index is 10.0. The van der Waals surface area contributed by atoms with E-state index >= 15 is 0 Å². The number of hydrogen-bond donors (Lipinski definition) is 4. The number of hydrogen-bond acceptors (Lipinski definition) is 8. The SMILES string of the molecule is CCCOCC(O)CNc1cccc(NCC(O)COCCOCC2CO2)c1. The van der Waals surface area contributed by atoms with E-state index < -0.39 is 12.2 Å². The fraction of sp³-hybridized carbons (Fsp3) is 0.700. The molecule has 1 aliphatic rings. The highest BCUT2D eigenvalue weighted by Crippen LogP contribution is 2.15. The van der Waals surface area contributed by atoms with Crippen LogP contribution in [0.2, 0.25) is 0 Å². The van der Waals surface area contributed by atoms with Gasteiger partial charge in [0.15, 0.2) is 0 Å². The van der Waals surface area contributed by atoms with Crippen molar-refractivity contribution in [2.45, 2.75) is 31.7 Å². The lowest BCUT2D eigenvalue weighted by Crippen LogP contribution is -2.26. The average molecular weight is 399 g/mol. The molecule has 160 valence electrons. The first kappa shape index (κ1) is 22.9. The fourth-order valence-electron chi connectivity index (χ4n) is 2.41. The van der Waals surface area contributed by atoms with Crippen molar-refractivity contribution in [2.24, 2.45) is 0 Å². The van der Waals surface area contributed by atoms with E-state index in [2.05, 4.69) is 10.6 Å². The van der Waals surface area contributed by atoms with E-state index in [9.17, 15) is 10.2 Å². The minimum Gasteiger partial charge on any atom is -0.389 e. The van der Waals surface area contributed by atoms with Crippen LogP contribution >= 0.6 is 0 Å². The predicted octanol–water partition coefficient (Wildman–Crippen LogP) is 1.09. The van der Waals surface area contributed by atoms with Crippen LogP contribution in [-0.2, 0) is 18.9 Å². The summed E-state index contributed by atoms with van der Waals surface area (Å²) >= 11 is 0. The highest BCUT2D eigenvalue weighted by molar-refractivity contribution is 5.56. The summed E-state index contributed by atoms with van der Waals surface area (Å²) in [7, 11) is 0. The van der Waals surface area contributed by atoms with Gasteiger partial charge in [-0.2, -0.15) is 0 Å². The monoisotopic (exact) mass is 398 g/mol. The maximum absolute atomic E-state index is 10.0. The first-order chi connectivity index (χ1) is 13.7. The molecular weight excluding hydrogens is 364 g/mol. The fourth-order valence-corrected chi connectivity index (χ4v) is 2.41. The van der Waals surface area contributed by atoms with Crippen LogP contribution in [0.5, 0.6) is 0 Å². The number of rotatable bonds is 17. The summed E-state index contributed by atoms with van der Waals surface area (Å²) in [5.41, 5.74) is 1.77. The molecule has 0 amide bonds. The summed E-state index contributed by atoms with van der Waals surface area (Å²) in [6.07, 6.45) is 0.0375. The van der Waals surface area contributed by atoms with Crippen LogP contribution in [0.1, 0.15) is 13.3 Å². The quantitative estimate of drug-likeness (QED) is 0.228. The number of aliphatic hydroxyl groups is 2. The summed E-state index contributed by atoms with van der Waals surface area (Å²) in [5.74, 6) is 0. The van der Waals surface area contributed by atoms with Crippen molar-refractivity contribution in [2.75, 3.05) is 70.0 Å². The van der Waals surface area contributed by atoms with Gasteiger partial charge in [0.1, 0.15) is 6.10 Å². The number of aliphatic hydroxyl groups excluding tert-OH is 2. The topological polar surface area (TPSA) is 105 Å². The van der Waals surface area contributed by atoms with Gasteiger partial charge in [-0.05, 0) is 24.6 Å². The molecule has 0 saturated carbocycles. The molecule has 2 rings (SSSR count). The standard InChI is InChI=1S/C20H34N2O6/c1-2-6-25-12-18(23)10-21-16-4-3-5-17(9-16)22-11-19(24)13-26-7-8-27-14-20-15-28-20/h3-5,9,18-24H,2,6-8,10-15H2,1H3. The Bertz CT molecular complexity index is 529. The highest BCUT2D eigenvalue weighted by Gasteiger charge is 2.21. The molecule has 0 radical (unpaired) electrons. The van der Waals surface area contributed by atoms with Gasteiger partial charge in [0.05, 0.1) is 51.8 Å². The van der Waals surface area contributed by atoms with Gasteiger partial charge in [-0.25, -0.2) is 0 Å². The molecular formula is C20H34N2O6. The van der Waals surface area contributed by atoms with E-state index in [0.717, 1.165) is 24.4 Å². The number of anilines is 2. The molecule has 1 heterocycles. The zero-order valence-corrected chi connectivity index (χ0v) is 16.6. The number of ether oxygens (including phenoxy) is 4. The Balaban J connectivity index is 1.55. The summed E-state index contributed by atoms with van der Waals surface area (Å²) in [6.45, 7) is 6.42. The Hall–Kier alpha value is -1.42. The number of nitrogens with one attached hydrogen (secondary N) is 2. The summed E-state index contributed by atoms with van der Waals surface area (Å²) in [4.78, 5) is 0. The lowest BCUT2D eigenvalue weighted by atomic mass is 10.2. The van der Waals surface area contributed by atoms with Crippen LogP contribution < -0.4 is 10.6 Å². The number of benzene rings is 1. The van der Waals surface area contributed by atoms with Crippen molar-refractivity contribution in [3.8, 4) is 0 Å². The zero-order valence-electron chi connectivity index (χ0n) is 16.6. The normalized spacial score (nSPS) is 17.9. The lowest BCUT2D eigenvalue weighted by molar-refractivity contribution is 0.00537. The van der Waals surface area contributed by atoms with Crippen LogP contribution in [-0.4, -0.2) is 87.9 Å². The van der Waals surface area contributed by atoms with Gasteiger partial charge < -0.3 is 39.8 Å². The molecule has 1 fully saturated rings. The average Bonchev–Trinajstić information content (AvgIpc) is 3.52. The Morgan fingerprint density at radius 2 is 1.57 bits per heavy atom. The minimum absolute atomic E-state index is 0.248. The number of epoxide rings is 1. The molecule has 3 atom stereocenters. The van der Waals surface area contributed by atoms with Crippen LogP contribution in [0.25, 0.3) is 0 Å². The maximum Gasteiger partial charge on any atom is 0.104 e. The van der Waals surface area contributed by atoms with Crippen LogP contribution in [0, 0.1) is 0 Å². The Labute approximate surface area is 167 Å². The van der Waals surface area contributed by atoms with Crippen molar-refractivity contribution in [1.82, 2.24) is 0 Å². The molecule has 1 saturated heterocycles. The molecule has 3 unspecified atom stereocenters. The first-order valence-electron chi connectivity index (χ1n) is 9.96. The van der Waals surface area contributed by atoms with Gasteiger partial charge >= 0.3 is 0 Å². The van der Waals surface area contributed by atoms with E-state index in [1.165, 1.54) is 0 Å². The van der Waals surface area contributed by atoms with Gasteiger partial charge in [-0.3, -0.25) is 0 Å². The minimum atomic E-state index is -0.610. The molecule has 0 bridgehead atoms. The molecule has 28 heavy (non-hydrogen) atoms. The van der Waals surface area contributed by atoms with E-state index in [-0.39, 0.29) is 12.7 Å². The van der Waals surface area contributed by atoms with Gasteiger partial charge in [-0.1, -0.05) is 13.0 Å². The van der Waals surface area contributed by atoms with Gasteiger partial charge in [0, 0.05) is 31.1 Å². The van der Waals surface area contributed by atoms with Gasteiger partial charge in [-0.15, -0.1) is 0 Å². The Kier molecular flexibility index (Phi) is 11.2. The molecule has 1 aromatic rings. The highest BCUT2D eigenvalue weighted by atomic mass is 16.6. The van der Waals surface area contributed by atoms with E-state index in [1.807, 2.05) is 31.2 Å². The second-order valence-electron chi connectivity index (χ2n) is 6.83. The molecule has 4 N–H and O–H groups in total. The van der Waals surface area contributed by atoms with Gasteiger partial charge in [0.25, 0.3) is 0 Å². The second kappa shape index (κ2) is 13.7.